The summed E-state index contributed by atoms with van der Waals surface area (Å²) in [5.41, 5.74) is 2.86. The van der Waals surface area contributed by atoms with Crippen molar-refractivity contribution >= 4 is 15.9 Å². The van der Waals surface area contributed by atoms with Crippen LogP contribution >= 0.6 is 15.9 Å². The van der Waals surface area contributed by atoms with Gasteiger partial charge < -0.3 is 5.32 Å². The summed E-state index contributed by atoms with van der Waals surface area (Å²) in [6.45, 7) is 9.74. The summed E-state index contributed by atoms with van der Waals surface area (Å²) in [4.78, 5) is 0. The molecule has 0 heterocycles. The van der Waals surface area contributed by atoms with Crippen LogP contribution in [0.1, 0.15) is 38.3 Å². The Hall–Kier alpha value is -0.340. The Morgan fingerprint density at radius 3 is 2.53 bits per heavy atom. The van der Waals surface area contributed by atoms with Crippen LogP contribution in [0.3, 0.4) is 0 Å². The van der Waals surface area contributed by atoms with E-state index in [2.05, 4.69) is 67.1 Å². The van der Waals surface area contributed by atoms with Crippen molar-refractivity contribution < 1.29 is 0 Å². The normalized spacial score (nSPS) is 11.8. The van der Waals surface area contributed by atoms with Crippen LogP contribution in [-0.2, 0) is 6.54 Å². The van der Waals surface area contributed by atoms with Gasteiger partial charge in [0.15, 0.2) is 0 Å². The highest BCUT2D eigenvalue weighted by atomic mass is 79.9. The Kier molecular flexibility index (Phi) is 4.35. The molecular formula is C13H20BrN. The quantitative estimate of drug-likeness (QED) is 0.870. The molecule has 1 aromatic carbocycles. The fourth-order valence-electron chi connectivity index (χ4n) is 1.28. The van der Waals surface area contributed by atoms with Gasteiger partial charge in [0.2, 0.25) is 0 Å². The van der Waals surface area contributed by atoms with E-state index < -0.39 is 0 Å². The van der Waals surface area contributed by atoms with Crippen molar-refractivity contribution in [2.45, 2.75) is 46.2 Å². The summed E-state index contributed by atoms with van der Waals surface area (Å²) in [6, 6.07) is 6.50. The third-order valence-electron chi connectivity index (χ3n) is 2.88. The van der Waals surface area contributed by atoms with Gasteiger partial charge in [-0.1, -0.05) is 35.0 Å². The molecule has 0 aliphatic carbocycles. The number of halogens is 1. The lowest BCUT2D eigenvalue weighted by molar-refractivity contribution is 0.374. The molecule has 0 atom stereocenters. The molecule has 1 nitrogen and oxygen atoms in total. The van der Waals surface area contributed by atoms with E-state index in [-0.39, 0.29) is 5.54 Å². The maximum atomic E-state index is 3.56. The highest BCUT2D eigenvalue weighted by molar-refractivity contribution is 9.10. The average Bonchev–Trinajstić information content (AvgIpc) is 2.20. The maximum Gasteiger partial charge on any atom is 0.0210 e. The Morgan fingerprint density at radius 2 is 2.00 bits per heavy atom. The first-order valence-corrected chi connectivity index (χ1v) is 6.24. The second kappa shape index (κ2) is 5.13. The van der Waals surface area contributed by atoms with Crippen molar-refractivity contribution in [3.8, 4) is 0 Å². The first kappa shape index (κ1) is 12.7. The summed E-state index contributed by atoms with van der Waals surface area (Å²) in [6.07, 6.45) is 1.14. The van der Waals surface area contributed by atoms with E-state index in [1.165, 1.54) is 15.6 Å². The summed E-state index contributed by atoms with van der Waals surface area (Å²) >= 11 is 3.51. The zero-order valence-electron chi connectivity index (χ0n) is 10.0. The van der Waals surface area contributed by atoms with E-state index in [4.69, 9.17) is 0 Å². The lowest BCUT2D eigenvalue weighted by Gasteiger charge is -2.24. The molecule has 0 aliphatic rings. The van der Waals surface area contributed by atoms with Gasteiger partial charge in [-0.05, 0) is 44.4 Å². The summed E-state index contributed by atoms with van der Waals surface area (Å²) in [5, 5.41) is 3.56. The van der Waals surface area contributed by atoms with E-state index >= 15 is 0 Å². The summed E-state index contributed by atoms with van der Waals surface area (Å²) in [5.74, 6) is 0. The zero-order valence-corrected chi connectivity index (χ0v) is 11.6. The maximum absolute atomic E-state index is 3.56. The van der Waals surface area contributed by atoms with Crippen molar-refractivity contribution in [1.29, 1.82) is 0 Å². The van der Waals surface area contributed by atoms with Crippen LogP contribution in [0.15, 0.2) is 22.7 Å². The van der Waals surface area contributed by atoms with E-state index in [0.29, 0.717) is 0 Å². The Labute approximate surface area is 101 Å². The number of benzene rings is 1. The predicted molar refractivity (Wildman–Crippen MR) is 70.1 cm³/mol. The second-order valence-electron chi connectivity index (χ2n) is 4.67. The molecule has 1 rings (SSSR count). The minimum absolute atomic E-state index is 0.223. The monoisotopic (exact) mass is 269 g/mol. The van der Waals surface area contributed by atoms with Crippen molar-refractivity contribution in [3.63, 3.8) is 0 Å². The number of nitrogens with one attached hydrogen (secondary N) is 1. The van der Waals surface area contributed by atoms with E-state index in [1.54, 1.807) is 0 Å². The highest BCUT2D eigenvalue weighted by Gasteiger charge is 2.13. The minimum atomic E-state index is 0.223. The second-order valence-corrected chi connectivity index (χ2v) is 5.53. The van der Waals surface area contributed by atoms with Crippen LogP contribution in [0.5, 0.6) is 0 Å². The van der Waals surface area contributed by atoms with Gasteiger partial charge in [0, 0.05) is 16.6 Å². The predicted octanol–water partition coefficient (Wildman–Crippen LogP) is 4.04. The van der Waals surface area contributed by atoms with Crippen molar-refractivity contribution in [1.82, 2.24) is 5.32 Å². The van der Waals surface area contributed by atoms with Gasteiger partial charge in [0.05, 0.1) is 0 Å². The molecule has 1 N–H and O–H groups in total. The van der Waals surface area contributed by atoms with Gasteiger partial charge in [-0.15, -0.1) is 0 Å². The fourth-order valence-corrected chi connectivity index (χ4v) is 1.53. The molecule has 0 spiro atoms. The molecule has 0 radical (unpaired) electrons. The molecule has 0 aromatic heterocycles. The molecule has 0 saturated heterocycles. The first-order valence-electron chi connectivity index (χ1n) is 5.44. The Balaban J connectivity index is 2.62. The van der Waals surface area contributed by atoms with E-state index in [0.717, 1.165) is 13.0 Å². The Bertz CT molecular complexity index is 331. The van der Waals surface area contributed by atoms with Crippen LogP contribution in [-0.4, -0.2) is 5.54 Å². The fraction of sp³-hybridized carbons (Fsp3) is 0.538. The van der Waals surface area contributed by atoms with Crippen LogP contribution in [0.2, 0.25) is 0 Å². The van der Waals surface area contributed by atoms with Gasteiger partial charge in [0.25, 0.3) is 0 Å². The molecule has 0 aliphatic heterocycles. The highest BCUT2D eigenvalue weighted by Crippen LogP contribution is 2.17. The molecular weight excluding hydrogens is 250 g/mol. The molecule has 0 saturated carbocycles. The van der Waals surface area contributed by atoms with Crippen LogP contribution in [0.4, 0.5) is 0 Å². The third-order valence-corrected chi connectivity index (χ3v) is 3.77. The lowest BCUT2D eigenvalue weighted by Crippen LogP contribution is -2.37. The molecule has 15 heavy (non-hydrogen) atoms. The molecule has 2 heteroatoms. The van der Waals surface area contributed by atoms with Crippen molar-refractivity contribution in [2.75, 3.05) is 0 Å². The smallest absolute Gasteiger partial charge is 0.0210 e. The molecule has 0 amide bonds. The van der Waals surface area contributed by atoms with Gasteiger partial charge in [-0.3, -0.25) is 0 Å². The van der Waals surface area contributed by atoms with Crippen LogP contribution in [0, 0.1) is 6.92 Å². The summed E-state index contributed by atoms with van der Waals surface area (Å²) in [7, 11) is 0. The van der Waals surface area contributed by atoms with Gasteiger partial charge >= 0.3 is 0 Å². The standard InChI is InChI=1S/C13H20BrN/c1-5-13(3,4)15-9-11-6-7-12(14)10(2)8-11/h6-8,15H,5,9H2,1-4H3. The van der Waals surface area contributed by atoms with Crippen LogP contribution in [0.25, 0.3) is 0 Å². The third kappa shape index (κ3) is 3.96. The zero-order chi connectivity index (χ0) is 11.5. The first-order chi connectivity index (χ1) is 6.94. The number of hydrogen-bond acceptors (Lipinski definition) is 1. The molecule has 84 valence electrons. The number of hydrogen-bond donors (Lipinski definition) is 1. The van der Waals surface area contributed by atoms with E-state index in [1.807, 2.05) is 0 Å². The Morgan fingerprint density at radius 1 is 1.33 bits per heavy atom. The van der Waals surface area contributed by atoms with Crippen molar-refractivity contribution in [2.24, 2.45) is 0 Å². The SMILES string of the molecule is CCC(C)(C)NCc1ccc(Br)c(C)c1. The molecule has 0 unspecified atom stereocenters. The molecule has 0 fully saturated rings. The van der Waals surface area contributed by atoms with Gasteiger partial charge in [0.1, 0.15) is 0 Å². The molecule has 0 bridgehead atoms. The summed E-state index contributed by atoms with van der Waals surface area (Å²) < 4.78 is 1.18. The number of rotatable bonds is 4. The molecule has 1 aromatic rings. The van der Waals surface area contributed by atoms with Crippen molar-refractivity contribution in [3.05, 3.63) is 33.8 Å². The number of aryl methyl sites for hydroxylation is 1. The van der Waals surface area contributed by atoms with Gasteiger partial charge in [-0.2, -0.15) is 0 Å². The minimum Gasteiger partial charge on any atom is -0.308 e. The van der Waals surface area contributed by atoms with Gasteiger partial charge in [-0.25, -0.2) is 0 Å². The topological polar surface area (TPSA) is 12.0 Å². The average molecular weight is 270 g/mol. The van der Waals surface area contributed by atoms with Crippen LogP contribution < -0.4 is 5.32 Å². The largest absolute Gasteiger partial charge is 0.308 e. The lowest BCUT2D eigenvalue weighted by atomic mass is 10.0. The van der Waals surface area contributed by atoms with E-state index in [9.17, 15) is 0 Å².